The van der Waals surface area contributed by atoms with Gasteiger partial charge in [-0.25, -0.2) is 9.59 Å². The highest BCUT2D eigenvalue weighted by Crippen LogP contribution is 2.34. The molecule has 4 aliphatic rings. The second-order valence-electron chi connectivity index (χ2n) is 28.3. The van der Waals surface area contributed by atoms with Gasteiger partial charge in [0.1, 0.15) is 73.4 Å². The molecule has 2 aromatic carbocycles. The standard InChI is InChI=1S/2C38H55N5O16/c2*1-22-18-30(48)43(36(22)53)16-7-3-4-9-28(46)41-24(8-5-6-14-39-27(45)13-17-56-2)35(52)40-15-12-29(47)42-25-19-23(20-57-21-44)10-11-26(25)58-38-33(51)31(49)32(50)34(59-38)37(54)55/h2*10-11,19,21-22,24,31-34,38,49-51H,3-9,12-18,20H2,1-2H3,(H,39,45)(H,40,52)(H,41,46)(H,42,47)(H,54,55)/t22?,24?,31-,32-,33+,34-,38+;22?,24-,31-,32-,33+,34-,38+/m00/s1/i2*21D. The van der Waals surface area contributed by atoms with Gasteiger partial charge in [0.15, 0.2) is 14.9 Å². The molecule has 4 aliphatic heterocycles. The molecule has 42 nitrogen and oxygen atoms in total. The lowest BCUT2D eigenvalue weighted by atomic mass is 9.99. The maximum absolute atomic E-state index is 13.3. The van der Waals surface area contributed by atoms with Crippen LogP contribution >= 0.6 is 0 Å². The molecule has 14 atom stereocenters. The Kier molecular flexibility index (Phi) is 41.5. The van der Waals surface area contributed by atoms with Crippen LogP contribution in [0.3, 0.4) is 0 Å². The molecule has 6 rings (SSSR count). The number of aliphatic hydroxyl groups is 6. The molecular formula is C76H110N10O32. The molecule has 0 spiro atoms. The summed E-state index contributed by atoms with van der Waals surface area (Å²) in [7, 11) is 2.96. The van der Waals surface area contributed by atoms with Crippen LogP contribution in [0.1, 0.15) is 156 Å². The van der Waals surface area contributed by atoms with Crippen molar-refractivity contribution in [2.75, 3.05) is 77.3 Å². The predicted octanol–water partition coefficient (Wildman–Crippen LogP) is -2.32. The minimum Gasteiger partial charge on any atom is -0.479 e. The topological polar surface area (TPSA) is 612 Å². The Balaban J connectivity index is 0.000000427. The van der Waals surface area contributed by atoms with Gasteiger partial charge in [0.2, 0.25) is 83.5 Å². The number of hydrogen-bond acceptors (Lipinski definition) is 30. The van der Waals surface area contributed by atoms with Gasteiger partial charge in [-0.05, 0) is 99.6 Å². The first-order chi connectivity index (χ1) is 57.0. The van der Waals surface area contributed by atoms with Gasteiger partial charge < -0.3 is 121 Å². The molecule has 3 unspecified atom stereocenters. The normalized spacial score (nSPS) is 22.2. The van der Waals surface area contributed by atoms with Crippen molar-refractivity contribution in [3.63, 3.8) is 0 Å². The fraction of sp³-hybridized carbons (Fsp3) is 0.632. The number of methoxy groups -OCH3 is 2. The SMILES string of the molecule is [2H]C(=O)OCc1ccc(O[C@@H]2O[C@H](C(=O)O)[C@@H](O)[C@H](O)[C@H]2O)c(NC(=O)CCNC(=O)C(CCCCNC(=O)CCOC)NC(=O)CCCCCN2C(=O)CC(C)C2=O)c1.[2H]C(=O)OCc1ccc(O[C@@H]2O[C@H](C(=O)O)[C@@H](O)[C@H](O)[C@H]2O)c(NC(=O)CCNC(=O)[C@H](CCCCNC(=O)CCOC)NC(=O)CCCCCN2C(=O)CC(C)C2=O)c1. The van der Waals surface area contributed by atoms with Gasteiger partial charge in [0, 0.05) is 117 Å². The number of aliphatic carboxylic acids is 2. The summed E-state index contributed by atoms with van der Waals surface area (Å²) in [5, 5.41) is 101. The van der Waals surface area contributed by atoms with Crippen LogP contribution in [0.15, 0.2) is 36.4 Å². The molecule has 656 valence electrons. The summed E-state index contributed by atoms with van der Waals surface area (Å²) in [5.74, 6) is -8.95. The highest BCUT2D eigenvalue weighted by molar-refractivity contribution is 6.04. The summed E-state index contributed by atoms with van der Waals surface area (Å²) in [6, 6.07) is 5.84. The zero-order valence-electron chi connectivity index (χ0n) is 68.0. The van der Waals surface area contributed by atoms with Gasteiger partial charge in [-0.3, -0.25) is 76.9 Å². The van der Waals surface area contributed by atoms with Gasteiger partial charge in [-0.15, -0.1) is 0 Å². The average Bonchev–Trinajstić information content (AvgIpc) is 1.11. The van der Waals surface area contributed by atoms with E-state index in [1.165, 1.54) is 60.4 Å². The predicted molar refractivity (Wildman–Crippen MR) is 406 cm³/mol. The number of carbonyl (C=O) groups is 16. The van der Waals surface area contributed by atoms with Crippen molar-refractivity contribution in [2.24, 2.45) is 11.8 Å². The lowest BCUT2D eigenvalue weighted by molar-refractivity contribution is -0.271. The third-order valence-electron chi connectivity index (χ3n) is 19.0. The summed E-state index contributed by atoms with van der Waals surface area (Å²) in [6.07, 6.45) is -16.4. The van der Waals surface area contributed by atoms with E-state index in [4.69, 9.17) is 31.2 Å². The molecular weight excluding hydrogens is 1560 g/mol. The van der Waals surface area contributed by atoms with Crippen LogP contribution in [0.5, 0.6) is 11.5 Å². The Hall–Kier alpha value is -10.4. The number of anilines is 2. The molecule has 0 aliphatic carbocycles. The molecule has 16 N–H and O–H groups in total. The Morgan fingerprint density at radius 3 is 1.19 bits per heavy atom. The van der Waals surface area contributed by atoms with E-state index in [1.807, 2.05) is 0 Å². The van der Waals surface area contributed by atoms with Crippen LogP contribution < -0.4 is 52.0 Å². The second-order valence-corrected chi connectivity index (χ2v) is 28.3. The molecule has 4 saturated heterocycles. The highest BCUT2D eigenvalue weighted by Gasteiger charge is 2.50. The summed E-state index contributed by atoms with van der Waals surface area (Å²) < 4.78 is 54.7. The quantitative estimate of drug-likeness (QED) is 0.0188. The van der Waals surface area contributed by atoms with E-state index in [-0.39, 0.29) is 198 Å². The molecule has 0 radical (unpaired) electrons. The number of benzene rings is 2. The van der Waals surface area contributed by atoms with Crippen molar-refractivity contribution in [1.29, 1.82) is 0 Å². The van der Waals surface area contributed by atoms with E-state index < -0.39 is 134 Å². The van der Waals surface area contributed by atoms with Crippen LogP contribution in [-0.2, 0) is 118 Å². The number of carbonyl (C=O) groups excluding carboxylic acids is 14. The Labute approximate surface area is 681 Å². The summed E-state index contributed by atoms with van der Waals surface area (Å²) in [4.78, 5) is 199. The number of nitrogens with zero attached hydrogens (tertiary/aromatic N) is 2. The molecule has 0 aromatic heterocycles. The van der Waals surface area contributed by atoms with Crippen LogP contribution in [0.25, 0.3) is 0 Å². The summed E-state index contributed by atoms with van der Waals surface area (Å²) >= 11 is 0. The van der Waals surface area contributed by atoms with Crippen molar-refractivity contribution in [1.82, 2.24) is 41.7 Å². The maximum atomic E-state index is 13.3. The van der Waals surface area contributed by atoms with E-state index in [0.717, 1.165) is 0 Å². The number of aliphatic hydroxyl groups excluding tert-OH is 6. The number of rotatable bonds is 50. The summed E-state index contributed by atoms with van der Waals surface area (Å²) in [5.41, 5.74) is 0.353. The Morgan fingerprint density at radius 2 is 0.856 bits per heavy atom. The van der Waals surface area contributed by atoms with Crippen LogP contribution in [0.4, 0.5) is 11.4 Å². The monoisotopic (exact) mass is 1680 g/mol. The van der Waals surface area contributed by atoms with Crippen LogP contribution in [0.2, 0.25) is 0 Å². The highest BCUT2D eigenvalue weighted by atomic mass is 16.7. The number of likely N-dealkylation sites (tertiary alicyclic amines) is 2. The molecule has 12 amide bonds. The molecule has 0 saturated carbocycles. The third-order valence-corrected chi connectivity index (χ3v) is 19.0. The largest absolute Gasteiger partial charge is 0.479 e. The van der Waals surface area contributed by atoms with Crippen molar-refractivity contribution in [2.45, 2.75) is 229 Å². The first-order valence-corrected chi connectivity index (χ1v) is 38.7. The lowest BCUT2D eigenvalue weighted by Gasteiger charge is -2.38. The molecule has 0 bridgehead atoms. The van der Waals surface area contributed by atoms with E-state index in [2.05, 4.69) is 52.0 Å². The van der Waals surface area contributed by atoms with E-state index in [0.29, 0.717) is 77.3 Å². The zero-order valence-corrected chi connectivity index (χ0v) is 66.0. The van der Waals surface area contributed by atoms with Crippen molar-refractivity contribution >= 4 is 107 Å². The first-order valence-electron chi connectivity index (χ1n) is 39.7. The van der Waals surface area contributed by atoms with Crippen molar-refractivity contribution in [3.05, 3.63) is 47.5 Å². The number of carboxylic acids is 2. The second kappa shape index (κ2) is 51.7. The van der Waals surface area contributed by atoms with Crippen LogP contribution in [-0.4, -0.2) is 287 Å². The molecule has 42 heteroatoms. The van der Waals surface area contributed by atoms with Crippen molar-refractivity contribution < 1.29 is 158 Å². The van der Waals surface area contributed by atoms with Gasteiger partial charge in [-0.2, -0.15) is 0 Å². The van der Waals surface area contributed by atoms with E-state index in [1.54, 1.807) is 13.8 Å². The number of hydrogen-bond donors (Lipinski definition) is 16. The number of amides is 12. The fourth-order valence-electron chi connectivity index (χ4n) is 12.5. The van der Waals surface area contributed by atoms with Gasteiger partial charge in [-0.1, -0.05) is 38.8 Å². The van der Waals surface area contributed by atoms with E-state index >= 15 is 0 Å². The number of nitrogens with one attached hydrogen (secondary N) is 8. The molecule has 4 fully saturated rings. The Morgan fingerprint density at radius 1 is 0.475 bits per heavy atom. The molecule has 4 heterocycles. The number of carboxylic acid groups (broad SMARTS) is 2. The zero-order chi connectivity index (χ0) is 88.7. The average molecular weight is 1680 g/mol. The lowest BCUT2D eigenvalue weighted by Crippen LogP contribution is -2.61. The number of ether oxygens (including phenoxy) is 8. The maximum Gasteiger partial charge on any atom is 0.335 e. The van der Waals surface area contributed by atoms with E-state index in [9.17, 15) is 118 Å². The molecule has 2 aromatic rings. The van der Waals surface area contributed by atoms with Crippen molar-refractivity contribution in [3.8, 4) is 11.5 Å². The third kappa shape index (κ3) is 32.8. The Bertz CT molecular complexity index is 3610. The van der Waals surface area contributed by atoms with Gasteiger partial charge >= 0.3 is 11.9 Å². The number of unbranched alkanes of at least 4 members (excludes halogenated alkanes) is 6. The fourth-order valence-corrected chi connectivity index (χ4v) is 12.5. The minimum atomic E-state index is -1.98. The van der Waals surface area contributed by atoms with Gasteiger partial charge in [0.05, 0.1) is 24.6 Å². The molecule has 118 heavy (non-hydrogen) atoms. The number of imide groups is 2. The van der Waals surface area contributed by atoms with Gasteiger partial charge in [0.25, 0.3) is 12.9 Å². The van der Waals surface area contributed by atoms with Crippen LogP contribution in [0, 0.1) is 11.8 Å². The smallest absolute Gasteiger partial charge is 0.335 e. The first kappa shape index (κ1) is 94.7. The summed E-state index contributed by atoms with van der Waals surface area (Å²) in [6.45, 7) is 3.95. The minimum absolute atomic E-state index is 0.0733.